The third-order valence-electron chi connectivity index (χ3n) is 3.42. The molecule has 0 spiro atoms. The first-order valence-electron chi connectivity index (χ1n) is 6.61. The molecule has 1 fully saturated rings. The second-order valence-corrected chi connectivity index (χ2v) is 5.18. The zero-order chi connectivity index (χ0) is 12.1. The Kier molecular flexibility index (Phi) is 4.57. The van der Waals surface area contributed by atoms with Crippen LogP contribution in [0.4, 0.5) is 0 Å². The van der Waals surface area contributed by atoms with Crippen molar-refractivity contribution in [1.82, 2.24) is 4.90 Å². The molecule has 0 bridgehead atoms. The summed E-state index contributed by atoms with van der Waals surface area (Å²) in [5.74, 6) is 0. The van der Waals surface area contributed by atoms with Gasteiger partial charge < -0.3 is 9.64 Å². The first-order chi connectivity index (χ1) is 8.25. The van der Waals surface area contributed by atoms with Gasteiger partial charge in [-0.05, 0) is 51.9 Å². The van der Waals surface area contributed by atoms with Crippen molar-refractivity contribution in [2.45, 2.75) is 37.9 Å². The van der Waals surface area contributed by atoms with Gasteiger partial charge in [-0.25, -0.2) is 0 Å². The molecule has 1 heterocycles. The summed E-state index contributed by atoms with van der Waals surface area (Å²) < 4.78 is 6.20. The molecule has 0 N–H and O–H groups in total. The Hall–Kier alpha value is -0.860. The standard InChI is InChI=1S/C15H23NO/c1-16(2)12-11-14-9-6-10-15(17-14)13-7-4-3-5-8-13/h3-5,7-8,14-15H,6,9-12H2,1-2H3/t14-,15+/m1/s1. The van der Waals surface area contributed by atoms with E-state index in [2.05, 4.69) is 49.3 Å². The molecule has 17 heavy (non-hydrogen) atoms. The molecule has 2 nitrogen and oxygen atoms in total. The summed E-state index contributed by atoms with van der Waals surface area (Å²) in [6, 6.07) is 10.6. The van der Waals surface area contributed by atoms with Crippen molar-refractivity contribution in [3.8, 4) is 0 Å². The Morgan fingerprint density at radius 1 is 1.18 bits per heavy atom. The molecule has 1 aromatic rings. The SMILES string of the molecule is CN(C)CC[C@H]1CCC[C@@H](c2ccccc2)O1. The van der Waals surface area contributed by atoms with Gasteiger partial charge in [0.2, 0.25) is 0 Å². The van der Waals surface area contributed by atoms with Gasteiger partial charge in [0, 0.05) is 0 Å². The van der Waals surface area contributed by atoms with Crippen LogP contribution in [0.5, 0.6) is 0 Å². The third kappa shape index (κ3) is 3.83. The lowest BCUT2D eigenvalue weighted by Crippen LogP contribution is -2.26. The van der Waals surface area contributed by atoms with Crippen LogP contribution < -0.4 is 0 Å². The fourth-order valence-electron chi connectivity index (χ4n) is 2.43. The molecule has 0 saturated carbocycles. The van der Waals surface area contributed by atoms with Crippen molar-refractivity contribution in [2.24, 2.45) is 0 Å². The lowest BCUT2D eigenvalue weighted by molar-refractivity contribution is -0.0568. The monoisotopic (exact) mass is 233 g/mol. The van der Waals surface area contributed by atoms with Crippen LogP contribution in [-0.2, 0) is 4.74 Å². The normalized spacial score (nSPS) is 25.1. The predicted octanol–water partition coefficient (Wildman–Crippen LogP) is 3.25. The summed E-state index contributed by atoms with van der Waals surface area (Å²) in [4.78, 5) is 2.23. The molecule has 2 heteroatoms. The highest BCUT2D eigenvalue weighted by molar-refractivity contribution is 5.17. The average Bonchev–Trinajstić information content (AvgIpc) is 2.38. The van der Waals surface area contributed by atoms with Crippen LogP contribution in [0.2, 0.25) is 0 Å². The first-order valence-corrected chi connectivity index (χ1v) is 6.61. The van der Waals surface area contributed by atoms with E-state index in [0.717, 1.165) is 13.0 Å². The van der Waals surface area contributed by atoms with Gasteiger partial charge in [-0.1, -0.05) is 30.3 Å². The van der Waals surface area contributed by atoms with E-state index >= 15 is 0 Å². The second kappa shape index (κ2) is 6.18. The van der Waals surface area contributed by atoms with Crippen LogP contribution >= 0.6 is 0 Å². The Labute approximate surface area is 105 Å². The molecule has 1 saturated heterocycles. The topological polar surface area (TPSA) is 12.5 Å². The Morgan fingerprint density at radius 3 is 2.65 bits per heavy atom. The molecule has 0 amide bonds. The molecule has 1 aliphatic rings. The number of nitrogens with zero attached hydrogens (tertiary/aromatic N) is 1. The zero-order valence-electron chi connectivity index (χ0n) is 10.9. The Morgan fingerprint density at radius 2 is 1.94 bits per heavy atom. The quantitative estimate of drug-likeness (QED) is 0.791. The average molecular weight is 233 g/mol. The maximum Gasteiger partial charge on any atom is 0.0828 e. The number of rotatable bonds is 4. The molecule has 0 radical (unpaired) electrons. The van der Waals surface area contributed by atoms with Crippen LogP contribution in [0, 0.1) is 0 Å². The summed E-state index contributed by atoms with van der Waals surface area (Å²) in [5.41, 5.74) is 1.34. The van der Waals surface area contributed by atoms with Crippen molar-refractivity contribution in [2.75, 3.05) is 20.6 Å². The number of benzene rings is 1. The minimum absolute atomic E-state index is 0.317. The summed E-state index contributed by atoms with van der Waals surface area (Å²) in [6.07, 6.45) is 5.58. The molecule has 0 unspecified atom stereocenters. The maximum atomic E-state index is 6.20. The van der Waals surface area contributed by atoms with Gasteiger partial charge in [0.15, 0.2) is 0 Å². The molecule has 0 aliphatic carbocycles. The van der Waals surface area contributed by atoms with Crippen molar-refractivity contribution in [1.29, 1.82) is 0 Å². The van der Waals surface area contributed by atoms with Crippen molar-refractivity contribution in [3.05, 3.63) is 35.9 Å². The lowest BCUT2D eigenvalue weighted by Gasteiger charge is -2.31. The second-order valence-electron chi connectivity index (χ2n) is 5.18. The van der Waals surface area contributed by atoms with E-state index in [9.17, 15) is 0 Å². The van der Waals surface area contributed by atoms with Gasteiger partial charge in [-0.2, -0.15) is 0 Å². The minimum Gasteiger partial charge on any atom is -0.370 e. The van der Waals surface area contributed by atoms with E-state index in [1.165, 1.54) is 24.8 Å². The van der Waals surface area contributed by atoms with E-state index < -0.39 is 0 Å². The van der Waals surface area contributed by atoms with Crippen molar-refractivity contribution < 1.29 is 4.74 Å². The highest BCUT2D eigenvalue weighted by atomic mass is 16.5. The van der Waals surface area contributed by atoms with Gasteiger partial charge in [0.25, 0.3) is 0 Å². The van der Waals surface area contributed by atoms with Crippen LogP contribution in [0.3, 0.4) is 0 Å². The molecular formula is C15H23NO. The number of hydrogen-bond donors (Lipinski definition) is 0. The number of ether oxygens (including phenoxy) is 1. The first kappa shape index (κ1) is 12.6. The summed E-state index contributed by atoms with van der Waals surface area (Å²) >= 11 is 0. The van der Waals surface area contributed by atoms with E-state index in [-0.39, 0.29) is 0 Å². The van der Waals surface area contributed by atoms with Gasteiger partial charge in [-0.15, -0.1) is 0 Å². The molecule has 2 atom stereocenters. The van der Waals surface area contributed by atoms with Crippen LogP contribution in [0.25, 0.3) is 0 Å². The van der Waals surface area contributed by atoms with Gasteiger partial charge in [0.05, 0.1) is 12.2 Å². The van der Waals surface area contributed by atoms with E-state index in [1.54, 1.807) is 0 Å². The smallest absolute Gasteiger partial charge is 0.0828 e. The maximum absolute atomic E-state index is 6.20. The van der Waals surface area contributed by atoms with E-state index in [4.69, 9.17) is 4.74 Å². The van der Waals surface area contributed by atoms with Crippen LogP contribution in [0.1, 0.15) is 37.4 Å². The molecule has 2 rings (SSSR count). The fraction of sp³-hybridized carbons (Fsp3) is 0.600. The summed E-state index contributed by atoms with van der Waals surface area (Å²) in [6.45, 7) is 1.12. The van der Waals surface area contributed by atoms with Gasteiger partial charge >= 0.3 is 0 Å². The molecule has 1 aliphatic heterocycles. The van der Waals surface area contributed by atoms with Crippen molar-refractivity contribution in [3.63, 3.8) is 0 Å². The summed E-state index contributed by atoms with van der Waals surface area (Å²) in [7, 11) is 4.25. The van der Waals surface area contributed by atoms with Crippen LogP contribution in [-0.4, -0.2) is 31.6 Å². The Bertz CT molecular complexity index is 323. The number of hydrogen-bond acceptors (Lipinski definition) is 2. The molecule has 0 aromatic heterocycles. The molecule has 1 aromatic carbocycles. The van der Waals surface area contributed by atoms with Gasteiger partial charge in [-0.3, -0.25) is 0 Å². The van der Waals surface area contributed by atoms with E-state index in [1.807, 2.05) is 0 Å². The largest absolute Gasteiger partial charge is 0.370 e. The van der Waals surface area contributed by atoms with Crippen molar-refractivity contribution >= 4 is 0 Å². The summed E-state index contributed by atoms with van der Waals surface area (Å²) in [5, 5.41) is 0. The Balaban J connectivity index is 1.89. The fourth-order valence-corrected chi connectivity index (χ4v) is 2.43. The lowest BCUT2D eigenvalue weighted by atomic mass is 9.97. The van der Waals surface area contributed by atoms with Gasteiger partial charge in [0.1, 0.15) is 0 Å². The molecule has 94 valence electrons. The highest BCUT2D eigenvalue weighted by Gasteiger charge is 2.23. The zero-order valence-corrected chi connectivity index (χ0v) is 10.9. The third-order valence-corrected chi connectivity index (χ3v) is 3.42. The predicted molar refractivity (Wildman–Crippen MR) is 71.1 cm³/mol. The molecular weight excluding hydrogens is 210 g/mol. The highest BCUT2D eigenvalue weighted by Crippen LogP contribution is 2.32. The van der Waals surface area contributed by atoms with Crippen LogP contribution in [0.15, 0.2) is 30.3 Å². The minimum atomic E-state index is 0.317. The van der Waals surface area contributed by atoms with E-state index in [0.29, 0.717) is 12.2 Å².